The second-order valence-corrected chi connectivity index (χ2v) is 4.92. The standard InChI is InChI=1S/C13H9F3N2O3S/c14-13(15,16)8-4-2-1-3-7(8)10(12(20)21)18-11(19)9-5-22-6-17-9/h1-6,10H,(H,18,19)(H,20,21). The van der Waals surface area contributed by atoms with Gasteiger partial charge in [0.15, 0.2) is 6.04 Å². The molecule has 1 atom stereocenters. The molecule has 0 spiro atoms. The molecule has 9 heteroatoms. The van der Waals surface area contributed by atoms with E-state index < -0.39 is 35.2 Å². The van der Waals surface area contributed by atoms with Crippen LogP contribution in [0.4, 0.5) is 13.2 Å². The number of carbonyl (C=O) groups is 2. The molecule has 0 saturated heterocycles. The van der Waals surface area contributed by atoms with E-state index in [1.54, 1.807) is 0 Å². The number of nitrogens with zero attached hydrogens (tertiary/aromatic N) is 1. The molecule has 0 aliphatic rings. The third-order valence-electron chi connectivity index (χ3n) is 2.76. The number of benzene rings is 1. The molecule has 5 nitrogen and oxygen atoms in total. The van der Waals surface area contributed by atoms with E-state index in [0.29, 0.717) is 0 Å². The molecule has 1 aromatic heterocycles. The lowest BCUT2D eigenvalue weighted by Crippen LogP contribution is -2.35. The Balaban J connectivity index is 2.38. The molecule has 116 valence electrons. The number of carbonyl (C=O) groups excluding carboxylic acids is 1. The number of alkyl halides is 3. The summed E-state index contributed by atoms with van der Waals surface area (Å²) in [4.78, 5) is 26.8. The lowest BCUT2D eigenvalue weighted by Gasteiger charge is -2.19. The second-order valence-electron chi connectivity index (χ2n) is 4.20. The Bertz CT molecular complexity index is 686. The smallest absolute Gasteiger partial charge is 0.416 e. The van der Waals surface area contributed by atoms with E-state index in [1.807, 2.05) is 0 Å². The number of hydrogen-bond donors (Lipinski definition) is 2. The van der Waals surface area contributed by atoms with Crippen molar-refractivity contribution in [3.63, 3.8) is 0 Å². The number of aromatic nitrogens is 1. The molecule has 2 aromatic rings. The number of carboxylic acids is 1. The summed E-state index contributed by atoms with van der Waals surface area (Å²) in [6, 6.07) is 2.37. The first-order valence-electron chi connectivity index (χ1n) is 5.88. The van der Waals surface area contributed by atoms with Crippen molar-refractivity contribution in [2.75, 3.05) is 0 Å². The minimum absolute atomic E-state index is 0.0549. The van der Waals surface area contributed by atoms with Gasteiger partial charge in [-0.15, -0.1) is 11.3 Å². The van der Waals surface area contributed by atoms with Gasteiger partial charge in [0, 0.05) is 5.38 Å². The normalized spacial score (nSPS) is 12.7. The van der Waals surface area contributed by atoms with Crippen molar-refractivity contribution >= 4 is 23.2 Å². The molecular formula is C13H9F3N2O3S. The first kappa shape index (κ1) is 16.0. The minimum Gasteiger partial charge on any atom is -0.479 e. The summed E-state index contributed by atoms with van der Waals surface area (Å²) < 4.78 is 38.9. The van der Waals surface area contributed by atoms with Crippen LogP contribution >= 0.6 is 11.3 Å². The lowest BCUT2D eigenvalue weighted by molar-refractivity contribution is -0.142. The van der Waals surface area contributed by atoms with Crippen molar-refractivity contribution in [1.29, 1.82) is 0 Å². The van der Waals surface area contributed by atoms with Crippen molar-refractivity contribution in [2.45, 2.75) is 12.2 Å². The van der Waals surface area contributed by atoms with Crippen LogP contribution in [0.1, 0.15) is 27.7 Å². The maximum atomic E-state index is 13.0. The quantitative estimate of drug-likeness (QED) is 0.903. The molecule has 0 radical (unpaired) electrons. The van der Waals surface area contributed by atoms with Crippen LogP contribution in [0.3, 0.4) is 0 Å². The number of hydrogen-bond acceptors (Lipinski definition) is 4. The highest BCUT2D eigenvalue weighted by Gasteiger charge is 2.37. The number of aliphatic carboxylic acids is 1. The molecule has 0 aliphatic heterocycles. The largest absolute Gasteiger partial charge is 0.479 e. The molecular weight excluding hydrogens is 321 g/mol. The predicted octanol–water partition coefficient (Wildman–Crippen LogP) is 2.72. The fraction of sp³-hybridized carbons (Fsp3) is 0.154. The Morgan fingerprint density at radius 2 is 1.95 bits per heavy atom. The first-order valence-corrected chi connectivity index (χ1v) is 6.83. The van der Waals surface area contributed by atoms with Crippen LogP contribution in [0, 0.1) is 0 Å². The van der Waals surface area contributed by atoms with Crippen molar-refractivity contribution in [2.24, 2.45) is 0 Å². The van der Waals surface area contributed by atoms with Crippen molar-refractivity contribution in [3.05, 3.63) is 52.0 Å². The molecule has 1 aromatic carbocycles. The average Bonchev–Trinajstić information content (AvgIpc) is 2.97. The molecule has 0 bridgehead atoms. The molecule has 1 heterocycles. The summed E-state index contributed by atoms with van der Waals surface area (Å²) in [7, 11) is 0. The Morgan fingerprint density at radius 3 is 2.50 bits per heavy atom. The topological polar surface area (TPSA) is 79.3 Å². The van der Waals surface area contributed by atoms with Crippen LogP contribution in [0.5, 0.6) is 0 Å². The Morgan fingerprint density at radius 1 is 1.27 bits per heavy atom. The van der Waals surface area contributed by atoms with E-state index in [4.69, 9.17) is 5.11 Å². The highest BCUT2D eigenvalue weighted by atomic mass is 32.1. The van der Waals surface area contributed by atoms with Gasteiger partial charge in [-0.05, 0) is 11.6 Å². The van der Waals surface area contributed by atoms with Crippen LogP contribution in [0.25, 0.3) is 0 Å². The van der Waals surface area contributed by atoms with Crippen LogP contribution in [0.2, 0.25) is 0 Å². The van der Waals surface area contributed by atoms with Gasteiger partial charge in [-0.2, -0.15) is 13.2 Å². The maximum Gasteiger partial charge on any atom is 0.416 e. The number of thiazole rings is 1. The zero-order valence-corrected chi connectivity index (χ0v) is 11.6. The van der Waals surface area contributed by atoms with E-state index in [1.165, 1.54) is 17.0 Å². The third-order valence-corrected chi connectivity index (χ3v) is 3.35. The van der Waals surface area contributed by atoms with E-state index in [-0.39, 0.29) is 5.69 Å². The first-order chi connectivity index (χ1) is 10.3. The predicted molar refractivity (Wildman–Crippen MR) is 71.4 cm³/mol. The minimum atomic E-state index is -4.73. The Hall–Kier alpha value is -2.42. The van der Waals surface area contributed by atoms with Gasteiger partial charge in [0.2, 0.25) is 0 Å². The van der Waals surface area contributed by atoms with Gasteiger partial charge in [-0.3, -0.25) is 4.79 Å². The molecule has 2 N–H and O–H groups in total. The summed E-state index contributed by atoms with van der Waals surface area (Å²) in [6.45, 7) is 0. The molecule has 0 saturated carbocycles. The number of rotatable bonds is 4. The molecule has 1 amide bonds. The average molecular weight is 330 g/mol. The molecule has 1 unspecified atom stereocenters. The van der Waals surface area contributed by atoms with Crippen LogP contribution in [0.15, 0.2) is 35.2 Å². The van der Waals surface area contributed by atoms with E-state index >= 15 is 0 Å². The molecule has 0 aliphatic carbocycles. The van der Waals surface area contributed by atoms with Gasteiger partial charge in [-0.1, -0.05) is 18.2 Å². The van der Waals surface area contributed by atoms with Gasteiger partial charge < -0.3 is 10.4 Å². The van der Waals surface area contributed by atoms with Crippen LogP contribution in [-0.2, 0) is 11.0 Å². The maximum absolute atomic E-state index is 13.0. The van der Waals surface area contributed by atoms with Crippen molar-refractivity contribution in [3.8, 4) is 0 Å². The molecule has 0 fully saturated rings. The number of nitrogens with one attached hydrogen (secondary N) is 1. The lowest BCUT2D eigenvalue weighted by atomic mass is 9.99. The third kappa shape index (κ3) is 3.42. The zero-order valence-electron chi connectivity index (χ0n) is 10.8. The SMILES string of the molecule is O=C(NC(C(=O)O)c1ccccc1C(F)(F)F)c1cscn1. The van der Waals surface area contributed by atoms with Gasteiger partial charge in [0.25, 0.3) is 5.91 Å². The van der Waals surface area contributed by atoms with E-state index in [9.17, 15) is 22.8 Å². The second kappa shape index (κ2) is 6.14. The highest BCUT2D eigenvalue weighted by molar-refractivity contribution is 7.07. The van der Waals surface area contributed by atoms with E-state index in [0.717, 1.165) is 29.5 Å². The molecule has 2 rings (SSSR count). The van der Waals surface area contributed by atoms with Gasteiger partial charge in [0.05, 0.1) is 11.1 Å². The van der Waals surface area contributed by atoms with Gasteiger partial charge in [-0.25, -0.2) is 9.78 Å². The van der Waals surface area contributed by atoms with Crippen LogP contribution < -0.4 is 5.32 Å². The fourth-order valence-electron chi connectivity index (χ4n) is 1.81. The zero-order chi connectivity index (χ0) is 16.3. The molecule has 22 heavy (non-hydrogen) atoms. The summed E-state index contributed by atoms with van der Waals surface area (Å²) in [6.07, 6.45) is -4.73. The summed E-state index contributed by atoms with van der Waals surface area (Å²) in [5.74, 6) is -2.45. The highest BCUT2D eigenvalue weighted by Crippen LogP contribution is 2.34. The van der Waals surface area contributed by atoms with Crippen molar-refractivity contribution in [1.82, 2.24) is 10.3 Å². The number of carboxylic acid groups (broad SMARTS) is 1. The van der Waals surface area contributed by atoms with Crippen molar-refractivity contribution < 1.29 is 27.9 Å². The monoisotopic (exact) mass is 330 g/mol. The Labute approximate surface area is 126 Å². The summed E-state index contributed by atoms with van der Waals surface area (Å²) >= 11 is 1.11. The summed E-state index contributed by atoms with van der Waals surface area (Å²) in [5.41, 5.74) is -0.346. The van der Waals surface area contributed by atoms with E-state index in [2.05, 4.69) is 10.3 Å². The fourth-order valence-corrected chi connectivity index (χ4v) is 2.34. The van der Waals surface area contributed by atoms with Crippen LogP contribution in [-0.4, -0.2) is 22.0 Å². The Kier molecular flexibility index (Phi) is 4.45. The van der Waals surface area contributed by atoms with Gasteiger partial charge >= 0.3 is 12.1 Å². The number of amides is 1. The van der Waals surface area contributed by atoms with Gasteiger partial charge in [0.1, 0.15) is 5.69 Å². The summed E-state index contributed by atoms with van der Waals surface area (Å²) in [5, 5.41) is 12.6. The number of halogens is 3.